The van der Waals surface area contributed by atoms with Crippen LogP contribution in [-0.2, 0) is 13.1 Å². The average molecular weight is 232 g/mol. The Labute approximate surface area is 105 Å². The van der Waals surface area contributed by atoms with Gasteiger partial charge in [0.2, 0.25) is 0 Å². The molecule has 1 heterocycles. The smallest absolute Gasteiger partial charge is 0.0236 e. The van der Waals surface area contributed by atoms with E-state index in [1.807, 2.05) is 0 Å². The zero-order valence-corrected chi connectivity index (χ0v) is 11.0. The fourth-order valence-electron chi connectivity index (χ4n) is 2.73. The van der Waals surface area contributed by atoms with Gasteiger partial charge in [-0.05, 0) is 43.4 Å². The van der Waals surface area contributed by atoms with Gasteiger partial charge in [0.25, 0.3) is 0 Å². The molecule has 94 valence electrons. The van der Waals surface area contributed by atoms with E-state index in [-0.39, 0.29) is 0 Å². The third-order valence-electron chi connectivity index (χ3n) is 4.12. The summed E-state index contributed by atoms with van der Waals surface area (Å²) in [7, 11) is 0. The highest BCUT2D eigenvalue weighted by molar-refractivity contribution is 5.23. The van der Waals surface area contributed by atoms with Crippen LogP contribution in [0.4, 0.5) is 0 Å². The van der Waals surface area contributed by atoms with Crippen LogP contribution in [0.5, 0.6) is 0 Å². The van der Waals surface area contributed by atoms with E-state index < -0.39 is 0 Å². The van der Waals surface area contributed by atoms with Crippen molar-refractivity contribution >= 4 is 0 Å². The van der Waals surface area contributed by atoms with Crippen LogP contribution in [0.25, 0.3) is 0 Å². The summed E-state index contributed by atoms with van der Waals surface area (Å²) in [5.41, 5.74) is 8.32. The zero-order valence-electron chi connectivity index (χ0n) is 11.0. The molecule has 2 heteroatoms. The van der Waals surface area contributed by atoms with Gasteiger partial charge in [-0.3, -0.25) is 4.90 Å². The highest BCUT2D eigenvalue weighted by Gasteiger charge is 2.24. The van der Waals surface area contributed by atoms with Gasteiger partial charge in [0, 0.05) is 19.1 Å². The van der Waals surface area contributed by atoms with Crippen molar-refractivity contribution in [3.63, 3.8) is 0 Å². The predicted molar refractivity (Wildman–Crippen MR) is 72.6 cm³/mol. The minimum atomic E-state index is 0.639. The SMILES string of the molecule is CC1CCCN(Cc2cccc(CN)c2)C1C. The van der Waals surface area contributed by atoms with E-state index in [1.165, 1.54) is 30.5 Å². The monoisotopic (exact) mass is 232 g/mol. The van der Waals surface area contributed by atoms with Crippen molar-refractivity contribution in [3.05, 3.63) is 35.4 Å². The Hall–Kier alpha value is -0.860. The molecule has 1 aliphatic heterocycles. The van der Waals surface area contributed by atoms with Crippen molar-refractivity contribution < 1.29 is 0 Å². The quantitative estimate of drug-likeness (QED) is 0.868. The molecule has 0 saturated carbocycles. The van der Waals surface area contributed by atoms with Gasteiger partial charge in [0.05, 0.1) is 0 Å². The summed E-state index contributed by atoms with van der Waals surface area (Å²) in [6.07, 6.45) is 2.71. The summed E-state index contributed by atoms with van der Waals surface area (Å²) in [5, 5.41) is 0. The third kappa shape index (κ3) is 3.08. The first kappa shape index (κ1) is 12.6. The van der Waals surface area contributed by atoms with E-state index in [9.17, 15) is 0 Å². The second-order valence-corrected chi connectivity index (χ2v) is 5.35. The fourth-order valence-corrected chi connectivity index (χ4v) is 2.73. The molecule has 1 aromatic carbocycles. The van der Waals surface area contributed by atoms with Crippen LogP contribution in [0.15, 0.2) is 24.3 Å². The molecule has 1 aliphatic rings. The van der Waals surface area contributed by atoms with Crippen LogP contribution in [0, 0.1) is 5.92 Å². The first-order chi connectivity index (χ1) is 8.20. The molecule has 0 radical (unpaired) electrons. The molecule has 0 amide bonds. The fraction of sp³-hybridized carbons (Fsp3) is 0.600. The maximum Gasteiger partial charge on any atom is 0.0236 e. The van der Waals surface area contributed by atoms with Crippen LogP contribution in [0.2, 0.25) is 0 Å². The Balaban J connectivity index is 2.04. The molecule has 1 aromatic rings. The molecule has 2 N–H and O–H groups in total. The predicted octanol–water partition coefficient (Wildman–Crippen LogP) is 2.77. The van der Waals surface area contributed by atoms with E-state index in [2.05, 4.69) is 43.0 Å². The van der Waals surface area contributed by atoms with Crippen LogP contribution < -0.4 is 5.73 Å². The third-order valence-corrected chi connectivity index (χ3v) is 4.12. The molecule has 2 atom stereocenters. The van der Waals surface area contributed by atoms with Crippen LogP contribution >= 0.6 is 0 Å². The first-order valence-electron chi connectivity index (χ1n) is 6.72. The second kappa shape index (κ2) is 5.65. The maximum absolute atomic E-state index is 5.69. The molecule has 2 nitrogen and oxygen atoms in total. The normalized spacial score (nSPS) is 26.1. The zero-order chi connectivity index (χ0) is 12.3. The number of likely N-dealkylation sites (tertiary alicyclic amines) is 1. The van der Waals surface area contributed by atoms with Crippen molar-refractivity contribution in [1.29, 1.82) is 0 Å². The number of piperidine rings is 1. The molecular weight excluding hydrogens is 208 g/mol. The number of hydrogen-bond acceptors (Lipinski definition) is 2. The highest BCUT2D eigenvalue weighted by Crippen LogP contribution is 2.24. The van der Waals surface area contributed by atoms with Crippen molar-refractivity contribution in [2.24, 2.45) is 11.7 Å². The summed E-state index contributed by atoms with van der Waals surface area (Å²) in [6, 6.07) is 9.38. The van der Waals surface area contributed by atoms with Gasteiger partial charge in [-0.25, -0.2) is 0 Å². The summed E-state index contributed by atoms with van der Waals surface area (Å²) < 4.78 is 0. The molecule has 2 rings (SSSR count). The summed E-state index contributed by atoms with van der Waals surface area (Å²) >= 11 is 0. The van der Waals surface area contributed by atoms with Crippen LogP contribution in [-0.4, -0.2) is 17.5 Å². The number of nitrogens with two attached hydrogens (primary N) is 1. The topological polar surface area (TPSA) is 29.3 Å². The van der Waals surface area contributed by atoms with Gasteiger partial charge in [-0.15, -0.1) is 0 Å². The molecule has 1 saturated heterocycles. The molecule has 1 fully saturated rings. The van der Waals surface area contributed by atoms with Gasteiger partial charge in [-0.1, -0.05) is 31.2 Å². The lowest BCUT2D eigenvalue weighted by Crippen LogP contribution is -2.41. The van der Waals surface area contributed by atoms with E-state index in [0.717, 1.165) is 12.5 Å². The van der Waals surface area contributed by atoms with Crippen molar-refractivity contribution in [3.8, 4) is 0 Å². The van der Waals surface area contributed by atoms with E-state index in [0.29, 0.717) is 12.6 Å². The Morgan fingerprint density at radius 1 is 1.29 bits per heavy atom. The molecule has 0 aliphatic carbocycles. The minimum Gasteiger partial charge on any atom is -0.326 e. The molecule has 17 heavy (non-hydrogen) atoms. The number of hydrogen-bond donors (Lipinski definition) is 1. The highest BCUT2D eigenvalue weighted by atomic mass is 15.2. The standard InChI is InChI=1S/C15H24N2/c1-12-5-4-8-17(13(12)2)11-15-7-3-6-14(9-15)10-16/h3,6-7,9,12-13H,4-5,8,10-11,16H2,1-2H3. The van der Waals surface area contributed by atoms with E-state index in [1.54, 1.807) is 0 Å². The summed E-state index contributed by atoms with van der Waals surface area (Å²) in [5.74, 6) is 0.821. The maximum atomic E-state index is 5.69. The molecule has 0 bridgehead atoms. The molecule has 0 spiro atoms. The van der Waals surface area contributed by atoms with Gasteiger partial charge in [0.15, 0.2) is 0 Å². The van der Waals surface area contributed by atoms with E-state index in [4.69, 9.17) is 5.73 Å². The largest absolute Gasteiger partial charge is 0.326 e. The Bertz CT molecular complexity index is 362. The first-order valence-corrected chi connectivity index (χ1v) is 6.72. The van der Waals surface area contributed by atoms with Gasteiger partial charge in [0.1, 0.15) is 0 Å². The van der Waals surface area contributed by atoms with E-state index >= 15 is 0 Å². The lowest BCUT2D eigenvalue weighted by molar-refractivity contribution is 0.106. The molecule has 2 unspecified atom stereocenters. The lowest BCUT2D eigenvalue weighted by atomic mass is 9.91. The van der Waals surface area contributed by atoms with Gasteiger partial charge >= 0.3 is 0 Å². The average Bonchev–Trinajstić information content (AvgIpc) is 2.35. The Morgan fingerprint density at radius 2 is 2.06 bits per heavy atom. The van der Waals surface area contributed by atoms with Crippen molar-refractivity contribution in [1.82, 2.24) is 4.90 Å². The lowest BCUT2D eigenvalue weighted by Gasteiger charge is -2.38. The van der Waals surface area contributed by atoms with Crippen molar-refractivity contribution in [2.45, 2.75) is 45.8 Å². The van der Waals surface area contributed by atoms with Crippen LogP contribution in [0.1, 0.15) is 37.8 Å². The Morgan fingerprint density at radius 3 is 2.82 bits per heavy atom. The second-order valence-electron chi connectivity index (χ2n) is 5.35. The molecular formula is C15H24N2. The van der Waals surface area contributed by atoms with Crippen LogP contribution in [0.3, 0.4) is 0 Å². The number of benzene rings is 1. The van der Waals surface area contributed by atoms with Crippen molar-refractivity contribution in [2.75, 3.05) is 6.54 Å². The van der Waals surface area contributed by atoms with Gasteiger partial charge in [-0.2, -0.15) is 0 Å². The number of nitrogens with zero attached hydrogens (tertiary/aromatic N) is 1. The molecule has 0 aromatic heterocycles. The summed E-state index contributed by atoms with van der Waals surface area (Å²) in [4.78, 5) is 2.60. The van der Waals surface area contributed by atoms with Gasteiger partial charge < -0.3 is 5.73 Å². The number of rotatable bonds is 3. The summed E-state index contributed by atoms with van der Waals surface area (Å²) in [6.45, 7) is 7.67. The Kier molecular flexibility index (Phi) is 4.19. The minimum absolute atomic E-state index is 0.639.